The molecule has 1 unspecified atom stereocenters. The zero-order chi connectivity index (χ0) is 12.7. The van der Waals surface area contributed by atoms with Crippen LogP contribution in [0.3, 0.4) is 0 Å². The van der Waals surface area contributed by atoms with Gasteiger partial charge in [0, 0.05) is 18.7 Å². The molecule has 1 aromatic rings. The van der Waals surface area contributed by atoms with E-state index >= 15 is 0 Å². The van der Waals surface area contributed by atoms with Crippen molar-refractivity contribution in [2.75, 3.05) is 11.9 Å². The van der Waals surface area contributed by atoms with Crippen LogP contribution in [0.15, 0.2) is 24.3 Å². The van der Waals surface area contributed by atoms with Crippen molar-refractivity contribution >= 4 is 11.7 Å². The number of rotatable bonds is 7. The van der Waals surface area contributed by atoms with Gasteiger partial charge in [-0.2, -0.15) is 0 Å². The van der Waals surface area contributed by atoms with Crippen LogP contribution in [0.25, 0.3) is 0 Å². The van der Waals surface area contributed by atoms with Gasteiger partial charge in [-0.25, -0.2) is 0 Å². The summed E-state index contributed by atoms with van der Waals surface area (Å²) in [5.41, 5.74) is 2.20. The third kappa shape index (κ3) is 4.87. The van der Waals surface area contributed by atoms with E-state index in [1.807, 2.05) is 24.3 Å². The van der Waals surface area contributed by atoms with Crippen molar-refractivity contribution in [1.82, 2.24) is 0 Å². The van der Waals surface area contributed by atoms with E-state index in [-0.39, 0.29) is 12.8 Å². The van der Waals surface area contributed by atoms with Gasteiger partial charge in [-0.05, 0) is 24.5 Å². The van der Waals surface area contributed by atoms with E-state index in [1.54, 1.807) is 0 Å². The van der Waals surface area contributed by atoms with Crippen molar-refractivity contribution in [3.05, 3.63) is 29.8 Å². The summed E-state index contributed by atoms with van der Waals surface area (Å²) in [5, 5.41) is 21.2. The van der Waals surface area contributed by atoms with Crippen LogP contribution < -0.4 is 5.32 Å². The average Bonchev–Trinajstić information content (AvgIpc) is 2.34. The number of anilines is 1. The summed E-state index contributed by atoms with van der Waals surface area (Å²) in [6.07, 6.45) is 0.569. The van der Waals surface area contributed by atoms with Crippen molar-refractivity contribution in [2.45, 2.75) is 32.3 Å². The maximum absolute atomic E-state index is 10.3. The summed E-state index contributed by atoms with van der Waals surface area (Å²) < 4.78 is 0. The third-order valence-corrected chi connectivity index (χ3v) is 2.62. The normalized spacial score (nSPS) is 12.1. The molecule has 0 saturated heterocycles. The molecule has 0 heterocycles. The number of benzene rings is 1. The van der Waals surface area contributed by atoms with Crippen LogP contribution in [0.1, 0.15) is 25.3 Å². The lowest BCUT2D eigenvalue weighted by Crippen LogP contribution is -2.20. The molecule has 0 aliphatic heterocycles. The minimum atomic E-state index is -0.877. The Labute approximate surface area is 101 Å². The fourth-order valence-electron chi connectivity index (χ4n) is 1.62. The molecule has 4 nitrogen and oxygen atoms in total. The Morgan fingerprint density at radius 1 is 1.41 bits per heavy atom. The second-order valence-electron chi connectivity index (χ2n) is 3.98. The van der Waals surface area contributed by atoms with Crippen LogP contribution in [0.5, 0.6) is 0 Å². The van der Waals surface area contributed by atoms with Crippen molar-refractivity contribution in [3.8, 4) is 0 Å². The Kier molecular flexibility index (Phi) is 5.49. The molecule has 3 N–H and O–H groups in total. The average molecular weight is 237 g/mol. The molecule has 17 heavy (non-hydrogen) atoms. The molecule has 0 amide bonds. The van der Waals surface area contributed by atoms with E-state index < -0.39 is 12.1 Å². The van der Waals surface area contributed by atoms with E-state index in [0.29, 0.717) is 6.54 Å². The Hall–Kier alpha value is -1.55. The fourth-order valence-corrected chi connectivity index (χ4v) is 1.62. The molecule has 0 aliphatic rings. The van der Waals surface area contributed by atoms with E-state index in [0.717, 1.165) is 12.1 Å². The predicted molar refractivity (Wildman–Crippen MR) is 67.2 cm³/mol. The van der Waals surface area contributed by atoms with Crippen LogP contribution in [0, 0.1) is 0 Å². The minimum Gasteiger partial charge on any atom is -0.481 e. The lowest BCUT2D eigenvalue weighted by Gasteiger charge is -2.14. The van der Waals surface area contributed by atoms with Crippen LogP contribution in [-0.2, 0) is 11.2 Å². The summed E-state index contributed by atoms with van der Waals surface area (Å²) in [5.74, 6) is -0.877. The van der Waals surface area contributed by atoms with Crippen molar-refractivity contribution in [1.29, 1.82) is 0 Å². The number of hydrogen-bond donors (Lipinski definition) is 3. The van der Waals surface area contributed by atoms with Crippen molar-refractivity contribution in [3.63, 3.8) is 0 Å². The van der Waals surface area contributed by atoms with Gasteiger partial charge in [0.25, 0.3) is 0 Å². The highest BCUT2D eigenvalue weighted by Crippen LogP contribution is 2.15. The first-order valence-corrected chi connectivity index (χ1v) is 5.85. The molecule has 1 aromatic carbocycles. The quantitative estimate of drug-likeness (QED) is 0.677. The standard InChI is InChI=1S/C13H19NO3/c1-2-10-5-3-4-6-12(10)14-9-11(15)7-8-13(16)17/h3-6,11,14-15H,2,7-9H2,1H3,(H,16,17). The highest BCUT2D eigenvalue weighted by Gasteiger charge is 2.07. The zero-order valence-electron chi connectivity index (χ0n) is 10.0. The number of carbonyl (C=O) groups is 1. The Bertz CT molecular complexity index is 365. The van der Waals surface area contributed by atoms with E-state index in [4.69, 9.17) is 5.11 Å². The molecule has 1 rings (SSSR count). The summed E-state index contributed by atoms with van der Waals surface area (Å²) in [6.45, 7) is 2.45. The van der Waals surface area contributed by atoms with E-state index in [2.05, 4.69) is 12.2 Å². The monoisotopic (exact) mass is 237 g/mol. The molecule has 0 fully saturated rings. The first kappa shape index (κ1) is 13.5. The second-order valence-corrected chi connectivity index (χ2v) is 3.98. The zero-order valence-corrected chi connectivity index (χ0v) is 10.0. The largest absolute Gasteiger partial charge is 0.481 e. The maximum atomic E-state index is 10.3. The number of carboxylic acids is 1. The van der Waals surface area contributed by atoms with Crippen LogP contribution >= 0.6 is 0 Å². The maximum Gasteiger partial charge on any atom is 0.303 e. The topological polar surface area (TPSA) is 69.6 Å². The molecule has 0 radical (unpaired) electrons. The molecule has 4 heteroatoms. The smallest absolute Gasteiger partial charge is 0.303 e. The fraction of sp³-hybridized carbons (Fsp3) is 0.462. The second kappa shape index (κ2) is 6.91. The van der Waals surface area contributed by atoms with Crippen molar-refractivity contribution < 1.29 is 15.0 Å². The van der Waals surface area contributed by atoms with Gasteiger partial charge < -0.3 is 15.5 Å². The summed E-state index contributed by atoms with van der Waals surface area (Å²) in [6, 6.07) is 7.91. The molecule has 0 aromatic heterocycles. The number of carboxylic acid groups (broad SMARTS) is 1. The van der Waals surface area contributed by atoms with Gasteiger partial charge in [0.2, 0.25) is 0 Å². The van der Waals surface area contributed by atoms with E-state index in [1.165, 1.54) is 5.56 Å². The third-order valence-electron chi connectivity index (χ3n) is 2.62. The molecular weight excluding hydrogens is 218 g/mol. The number of aliphatic hydroxyl groups is 1. The predicted octanol–water partition coefficient (Wildman–Crippen LogP) is 1.89. The van der Waals surface area contributed by atoms with Gasteiger partial charge in [0.1, 0.15) is 0 Å². The van der Waals surface area contributed by atoms with Gasteiger partial charge in [-0.1, -0.05) is 25.1 Å². The number of aliphatic hydroxyl groups excluding tert-OH is 1. The first-order chi connectivity index (χ1) is 8.13. The van der Waals surface area contributed by atoms with Gasteiger partial charge in [-0.15, -0.1) is 0 Å². The number of nitrogens with one attached hydrogen (secondary N) is 1. The van der Waals surface area contributed by atoms with Gasteiger partial charge in [0.05, 0.1) is 6.10 Å². The number of para-hydroxylation sites is 1. The summed E-state index contributed by atoms with van der Waals surface area (Å²) >= 11 is 0. The SMILES string of the molecule is CCc1ccccc1NCC(O)CCC(=O)O. The Morgan fingerprint density at radius 2 is 2.12 bits per heavy atom. The lowest BCUT2D eigenvalue weighted by molar-refractivity contribution is -0.137. The molecule has 0 aliphatic carbocycles. The van der Waals surface area contributed by atoms with Crippen LogP contribution in [0.2, 0.25) is 0 Å². The molecule has 0 saturated carbocycles. The van der Waals surface area contributed by atoms with Gasteiger partial charge in [0.15, 0.2) is 0 Å². The number of aryl methyl sites for hydroxylation is 1. The molecule has 0 spiro atoms. The van der Waals surface area contributed by atoms with Crippen LogP contribution in [0.4, 0.5) is 5.69 Å². The van der Waals surface area contributed by atoms with E-state index in [9.17, 15) is 9.90 Å². The van der Waals surface area contributed by atoms with Crippen LogP contribution in [-0.4, -0.2) is 28.8 Å². The van der Waals surface area contributed by atoms with Gasteiger partial charge in [-0.3, -0.25) is 4.79 Å². The van der Waals surface area contributed by atoms with Crippen molar-refractivity contribution in [2.24, 2.45) is 0 Å². The number of aliphatic carboxylic acids is 1. The summed E-state index contributed by atoms with van der Waals surface area (Å²) in [7, 11) is 0. The lowest BCUT2D eigenvalue weighted by atomic mass is 10.1. The number of hydrogen-bond acceptors (Lipinski definition) is 3. The molecule has 94 valence electrons. The molecule has 1 atom stereocenters. The first-order valence-electron chi connectivity index (χ1n) is 5.85. The van der Waals surface area contributed by atoms with Gasteiger partial charge >= 0.3 is 5.97 Å². The molecular formula is C13H19NO3. The summed E-state index contributed by atoms with van der Waals surface area (Å²) in [4.78, 5) is 10.3. The Morgan fingerprint density at radius 3 is 2.76 bits per heavy atom. The molecule has 0 bridgehead atoms. The highest BCUT2D eigenvalue weighted by molar-refractivity contribution is 5.66. The Balaban J connectivity index is 2.41. The highest BCUT2D eigenvalue weighted by atomic mass is 16.4. The minimum absolute atomic E-state index is 0.00172.